The quantitative estimate of drug-likeness (QED) is 0.653. The highest BCUT2D eigenvalue weighted by Gasteiger charge is 2.19. The standard InChI is InChI=1S/C19H25N3OS/c1-11(2)13-8-9-20-17(12(3)4)15(13)10-24-19-21-16-7-5-6-14(16)18(23)22-19/h8-9,11-12H,5-7,10H2,1-4H3,(H,21,22,23). The molecule has 0 radical (unpaired) electrons. The molecule has 2 aromatic heterocycles. The number of hydrogen-bond acceptors (Lipinski definition) is 4. The van der Waals surface area contributed by atoms with E-state index in [2.05, 4.69) is 48.7 Å². The van der Waals surface area contributed by atoms with E-state index in [4.69, 9.17) is 0 Å². The average Bonchev–Trinajstić information content (AvgIpc) is 3.01. The predicted molar refractivity (Wildman–Crippen MR) is 98.9 cm³/mol. The minimum atomic E-state index is 0.0411. The number of nitrogens with zero attached hydrogens (tertiary/aromatic N) is 2. The van der Waals surface area contributed by atoms with Gasteiger partial charge in [0.2, 0.25) is 0 Å². The van der Waals surface area contributed by atoms with Crippen LogP contribution in [0.1, 0.15) is 74.0 Å². The highest BCUT2D eigenvalue weighted by molar-refractivity contribution is 7.98. The Hall–Kier alpha value is -1.62. The van der Waals surface area contributed by atoms with Gasteiger partial charge in [-0.1, -0.05) is 39.5 Å². The number of nitrogens with one attached hydrogen (secondary N) is 1. The van der Waals surface area contributed by atoms with E-state index in [1.54, 1.807) is 11.8 Å². The highest BCUT2D eigenvalue weighted by Crippen LogP contribution is 2.31. The summed E-state index contributed by atoms with van der Waals surface area (Å²) >= 11 is 1.61. The summed E-state index contributed by atoms with van der Waals surface area (Å²) < 4.78 is 0. The minimum absolute atomic E-state index is 0.0411. The number of thioether (sulfide) groups is 1. The van der Waals surface area contributed by atoms with Crippen LogP contribution in [0.25, 0.3) is 0 Å². The fourth-order valence-electron chi connectivity index (χ4n) is 3.35. The summed E-state index contributed by atoms with van der Waals surface area (Å²) in [4.78, 5) is 24.4. The van der Waals surface area contributed by atoms with Crippen LogP contribution < -0.4 is 5.56 Å². The second kappa shape index (κ2) is 7.09. The first kappa shape index (κ1) is 17.2. The zero-order chi connectivity index (χ0) is 17.3. The number of aromatic amines is 1. The van der Waals surface area contributed by atoms with Crippen molar-refractivity contribution >= 4 is 11.8 Å². The largest absolute Gasteiger partial charge is 0.301 e. The van der Waals surface area contributed by atoms with Gasteiger partial charge >= 0.3 is 0 Å². The summed E-state index contributed by atoms with van der Waals surface area (Å²) in [6.07, 6.45) is 4.74. The molecule has 1 aliphatic carbocycles. The van der Waals surface area contributed by atoms with E-state index in [1.807, 2.05) is 6.20 Å². The van der Waals surface area contributed by atoms with Crippen LogP contribution in [0.4, 0.5) is 0 Å². The first-order valence-electron chi connectivity index (χ1n) is 8.70. The molecule has 4 nitrogen and oxygen atoms in total. The topological polar surface area (TPSA) is 58.6 Å². The Balaban J connectivity index is 1.89. The van der Waals surface area contributed by atoms with Crippen molar-refractivity contribution in [1.82, 2.24) is 15.0 Å². The normalized spacial score (nSPS) is 13.8. The lowest BCUT2D eigenvalue weighted by molar-refractivity contribution is 0.779. The van der Waals surface area contributed by atoms with E-state index in [0.717, 1.165) is 47.1 Å². The molecule has 0 aromatic carbocycles. The van der Waals surface area contributed by atoms with Crippen molar-refractivity contribution in [3.63, 3.8) is 0 Å². The summed E-state index contributed by atoms with van der Waals surface area (Å²) in [6, 6.07) is 2.12. The van der Waals surface area contributed by atoms with E-state index < -0.39 is 0 Å². The maximum Gasteiger partial charge on any atom is 0.254 e. The number of aromatic nitrogens is 3. The molecule has 0 saturated carbocycles. The third kappa shape index (κ3) is 3.41. The molecule has 0 saturated heterocycles. The second-order valence-corrected chi connectivity index (χ2v) is 7.98. The number of hydrogen-bond donors (Lipinski definition) is 1. The van der Waals surface area contributed by atoms with Crippen LogP contribution >= 0.6 is 11.8 Å². The van der Waals surface area contributed by atoms with E-state index in [1.165, 1.54) is 11.1 Å². The van der Waals surface area contributed by atoms with Gasteiger partial charge in [-0.3, -0.25) is 9.78 Å². The van der Waals surface area contributed by atoms with Crippen molar-refractivity contribution in [2.75, 3.05) is 0 Å². The van der Waals surface area contributed by atoms with E-state index in [9.17, 15) is 4.79 Å². The summed E-state index contributed by atoms with van der Waals surface area (Å²) in [5.74, 6) is 1.62. The zero-order valence-electron chi connectivity index (χ0n) is 14.8. The van der Waals surface area contributed by atoms with Gasteiger partial charge in [0.15, 0.2) is 5.16 Å². The molecule has 0 atom stereocenters. The third-order valence-electron chi connectivity index (χ3n) is 4.57. The van der Waals surface area contributed by atoms with Gasteiger partial charge in [0, 0.05) is 23.2 Å². The van der Waals surface area contributed by atoms with Crippen molar-refractivity contribution in [3.8, 4) is 0 Å². The first-order valence-corrected chi connectivity index (χ1v) is 9.68. The van der Waals surface area contributed by atoms with Crippen LogP contribution in [0.3, 0.4) is 0 Å². The molecule has 24 heavy (non-hydrogen) atoms. The Labute approximate surface area is 147 Å². The summed E-state index contributed by atoms with van der Waals surface area (Å²) in [5, 5.41) is 0.730. The lowest BCUT2D eigenvalue weighted by Gasteiger charge is -2.18. The number of aryl methyl sites for hydroxylation is 1. The molecule has 0 fully saturated rings. The summed E-state index contributed by atoms with van der Waals surface area (Å²) in [7, 11) is 0. The molecule has 0 bridgehead atoms. The monoisotopic (exact) mass is 343 g/mol. The number of rotatable bonds is 5. The van der Waals surface area contributed by atoms with Crippen molar-refractivity contribution < 1.29 is 0 Å². The Morgan fingerprint density at radius 1 is 1.21 bits per heavy atom. The van der Waals surface area contributed by atoms with Crippen LogP contribution in [0.5, 0.6) is 0 Å². The lowest BCUT2D eigenvalue weighted by atomic mass is 9.94. The van der Waals surface area contributed by atoms with Gasteiger partial charge in [-0.05, 0) is 48.3 Å². The smallest absolute Gasteiger partial charge is 0.254 e. The van der Waals surface area contributed by atoms with Gasteiger partial charge in [-0.15, -0.1) is 0 Å². The van der Waals surface area contributed by atoms with Crippen molar-refractivity contribution in [2.24, 2.45) is 0 Å². The molecule has 2 heterocycles. The maximum absolute atomic E-state index is 12.2. The molecule has 5 heteroatoms. The van der Waals surface area contributed by atoms with Gasteiger partial charge in [0.05, 0.1) is 5.69 Å². The molecule has 1 N–H and O–H groups in total. The fraction of sp³-hybridized carbons (Fsp3) is 0.526. The van der Waals surface area contributed by atoms with E-state index in [0.29, 0.717) is 11.8 Å². The van der Waals surface area contributed by atoms with E-state index in [-0.39, 0.29) is 5.56 Å². The van der Waals surface area contributed by atoms with Crippen LogP contribution in [0.2, 0.25) is 0 Å². The molecule has 0 unspecified atom stereocenters. The van der Waals surface area contributed by atoms with E-state index >= 15 is 0 Å². The Morgan fingerprint density at radius 2 is 2.00 bits per heavy atom. The lowest BCUT2D eigenvalue weighted by Crippen LogP contribution is -2.15. The predicted octanol–water partition coefficient (Wildman–Crippen LogP) is 4.19. The molecule has 1 aliphatic rings. The average molecular weight is 343 g/mol. The molecule has 0 amide bonds. The third-order valence-corrected chi connectivity index (χ3v) is 5.47. The molecular formula is C19H25N3OS. The molecule has 128 valence electrons. The van der Waals surface area contributed by atoms with Crippen molar-refractivity contribution in [2.45, 2.75) is 69.7 Å². The number of H-pyrrole nitrogens is 1. The van der Waals surface area contributed by atoms with Crippen LogP contribution in [0, 0.1) is 0 Å². The van der Waals surface area contributed by atoms with Gasteiger partial charge in [-0.25, -0.2) is 4.98 Å². The van der Waals surface area contributed by atoms with Crippen molar-refractivity contribution in [3.05, 3.63) is 50.7 Å². The summed E-state index contributed by atoms with van der Waals surface area (Å²) in [6.45, 7) is 8.78. The molecule has 2 aromatic rings. The van der Waals surface area contributed by atoms with Gasteiger partial charge in [-0.2, -0.15) is 0 Å². The molecule has 0 aliphatic heterocycles. The van der Waals surface area contributed by atoms with Crippen LogP contribution in [0.15, 0.2) is 22.2 Å². The first-order chi connectivity index (χ1) is 11.5. The van der Waals surface area contributed by atoms with Gasteiger partial charge < -0.3 is 4.98 Å². The van der Waals surface area contributed by atoms with Gasteiger partial charge in [0.1, 0.15) is 0 Å². The highest BCUT2D eigenvalue weighted by atomic mass is 32.2. The van der Waals surface area contributed by atoms with Crippen LogP contribution in [-0.2, 0) is 18.6 Å². The molecular weight excluding hydrogens is 318 g/mol. The second-order valence-electron chi connectivity index (χ2n) is 7.01. The fourth-order valence-corrected chi connectivity index (χ4v) is 4.28. The zero-order valence-corrected chi connectivity index (χ0v) is 15.7. The number of fused-ring (bicyclic) bond motifs is 1. The molecule has 0 spiro atoms. The minimum Gasteiger partial charge on any atom is -0.301 e. The maximum atomic E-state index is 12.2. The Bertz CT molecular complexity index is 769. The Morgan fingerprint density at radius 3 is 2.71 bits per heavy atom. The SMILES string of the molecule is CC(C)c1ccnc(C(C)C)c1CSc1nc2c(c(=O)[nH]1)CCC2. The molecule has 3 rings (SSSR count). The summed E-state index contributed by atoms with van der Waals surface area (Å²) in [5.41, 5.74) is 5.68. The van der Waals surface area contributed by atoms with Gasteiger partial charge in [0.25, 0.3) is 5.56 Å². The van der Waals surface area contributed by atoms with Crippen LogP contribution in [-0.4, -0.2) is 15.0 Å². The number of pyridine rings is 1. The van der Waals surface area contributed by atoms with Crippen molar-refractivity contribution in [1.29, 1.82) is 0 Å². The Kier molecular flexibility index (Phi) is 5.09.